The van der Waals surface area contributed by atoms with Gasteiger partial charge in [0.05, 0.1) is 12.2 Å². The van der Waals surface area contributed by atoms with Crippen molar-refractivity contribution in [1.29, 1.82) is 0 Å². The van der Waals surface area contributed by atoms with Crippen LogP contribution in [-0.4, -0.2) is 50.1 Å². The molecule has 1 saturated carbocycles. The van der Waals surface area contributed by atoms with Crippen molar-refractivity contribution in [2.24, 2.45) is 5.92 Å². The van der Waals surface area contributed by atoms with Gasteiger partial charge in [0.25, 0.3) is 0 Å². The normalized spacial score (nSPS) is 29.1. The molecule has 1 aromatic heterocycles. The first kappa shape index (κ1) is 12.6. The smallest absolute Gasteiger partial charge is 0.358 e. The molecule has 2 heterocycles. The lowest BCUT2D eigenvalue weighted by Crippen LogP contribution is -2.53. The van der Waals surface area contributed by atoms with Gasteiger partial charge in [-0.2, -0.15) is 0 Å². The average Bonchev–Trinajstić information content (AvgIpc) is 2.79. The summed E-state index contributed by atoms with van der Waals surface area (Å²) >= 11 is 0. The first-order valence-corrected chi connectivity index (χ1v) is 7.02. The van der Waals surface area contributed by atoms with Crippen molar-refractivity contribution < 1.29 is 9.90 Å². The van der Waals surface area contributed by atoms with E-state index < -0.39 is 5.97 Å². The lowest BCUT2D eigenvalue weighted by atomic mass is 9.85. The molecule has 0 unspecified atom stereocenters. The standard InChI is InChI=1S/C13H20N4O2/c1-9-2-4-10(5-3-9)16-6-11(7-16)17-8-12(13(18)19)14-15-17/h8-11H,2-7H2,1H3,(H,18,19). The second-order valence-electron chi connectivity index (χ2n) is 5.91. The number of nitrogens with zero attached hydrogens (tertiary/aromatic N) is 4. The Labute approximate surface area is 112 Å². The lowest BCUT2D eigenvalue weighted by molar-refractivity contribution is 0.0292. The second kappa shape index (κ2) is 4.92. The highest BCUT2D eigenvalue weighted by Crippen LogP contribution is 2.32. The first-order chi connectivity index (χ1) is 9.13. The van der Waals surface area contributed by atoms with Gasteiger partial charge >= 0.3 is 5.97 Å². The summed E-state index contributed by atoms with van der Waals surface area (Å²) in [6.45, 7) is 4.28. The van der Waals surface area contributed by atoms with E-state index in [1.165, 1.54) is 31.9 Å². The maximum Gasteiger partial charge on any atom is 0.358 e. The van der Waals surface area contributed by atoms with Gasteiger partial charge in [0, 0.05) is 19.1 Å². The molecule has 6 nitrogen and oxygen atoms in total. The Hall–Kier alpha value is -1.43. The minimum atomic E-state index is -1.01. The number of carboxylic acid groups (broad SMARTS) is 1. The van der Waals surface area contributed by atoms with Crippen molar-refractivity contribution in [1.82, 2.24) is 19.9 Å². The van der Waals surface area contributed by atoms with E-state index in [9.17, 15) is 4.79 Å². The molecule has 3 rings (SSSR count). The molecule has 0 radical (unpaired) electrons. The van der Waals surface area contributed by atoms with Gasteiger partial charge in [-0.25, -0.2) is 9.48 Å². The van der Waals surface area contributed by atoms with E-state index in [0.29, 0.717) is 6.04 Å². The lowest BCUT2D eigenvalue weighted by Gasteiger charge is -2.46. The number of hydrogen-bond donors (Lipinski definition) is 1. The quantitative estimate of drug-likeness (QED) is 0.893. The van der Waals surface area contributed by atoms with E-state index >= 15 is 0 Å². The third-order valence-corrected chi connectivity index (χ3v) is 4.50. The van der Waals surface area contributed by atoms with E-state index in [1.807, 2.05) is 0 Å². The molecular weight excluding hydrogens is 244 g/mol. The summed E-state index contributed by atoms with van der Waals surface area (Å²) in [5.41, 5.74) is 0.0324. The molecule has 1 saturated heterocycles. The predicted octanol–water partition coefficient (Wildman–Crippen LogP) is 1.41. The van der Waals surface area contributed by atoms with Crippen LogP contribution in [0.15, 0.2) is 6.20 Å². The van der Waals surface area contributed by atoms with Gasteiger partial charge in [-0.05, 0) is 31.6 Å². The third kappa shape index (κ3) is 2.49. The highest BCUT2D eigenvalue weighted by molar-refractivity contribution is 5.84. The van der Waals surface area contributed by atoms with Gasteiger partial charge in [-0.15, -0.1) is 5.10 Å². The molecular formula is C13H20N4O2. The summed E-state index contributed by atoms with van der Waals surface area (Å²) in [5, 5.41) is 16.4. The Kier molecular flexibility index (Phi) is 3.26. The Morgan fingerprint density at radius 2 is 1.95 bits per heavy atom. The van der Waals surface area contributed by atoms with Gasteiger partial charge in [0.1, 0.15) is 0 Å². The van der Waals surface area contributed by atoms with Crippen LogP contribution in [0, 0.1) is 5.92 Å². The zero-order valence-corrected chi connectivity index (χ0v) is 11.2. The van der Waals surface area contributed by atoms with E-state index in [1.54, 1.807) is 4.68 Å². The number of carbonyl (C=O) groups is 1. The maximum atomic E-state index is 10.8. The van der Waals surface area contributed by atoms with Crippen molar-refractivity contribution in [3.63, 3.8) is 0 Å². The summed E-state index contributed by atoms with van der Waals surface area (Å²) in [5.74, 6) is -0.134. The van der Waals surface area contributed by atoms with Gasteiger partial charge < -0.3 is 5.11 Å². The molecule has 6 heteroatoms. The second-order valence-corrected chi connectivity index (χ2v) is 5.91. The molecule has 1 N–H and O–H groups in total. The molecule has 1 aromatic rings. The SMILES string of the molecule is CC1CCC(N2CC(n3cc(C(=O)O)nn3)C2)CC1. The topological polar surface area (TPSA) is 71.2 Å². The van der Waals surface area contributed by atoms with Crippen molar-refractivity contribution in [3.8, 4) is 0 Å². The zero-order valence-electron chi connectivity index (χ0n) is 11.2. The Bertz CT molecular complexity index is 459. The monoisotopic (exact) mass is 264 g/mol. The number of rotatable bonds is 3. The van der Waals surface area contributed by atoms with E-state index in [4.69, 9.17) is 5.11 Å². The molecule has 0 spiro atoms. The van der Waals surface area contributed by atoms with E-state index in [-0.39, 0.29) is 5.69 Å². The van der Waals surface area contributed by atoms with Gasteiger partial charge in [-0.3, -0.25) is 4.90 Å². The minimum Gasteiger partial charge on any atom is -0.476 e. The molecule has 104 valence electrons. The molecule has 2 fully saturated rings. The molecule has 0 amide bonds. The van der Waals surface area contributed by atoms with Crippen LogP contribution >= 0.6 is 0 Å². The Morgan fingerprint density at radius 1 is 1.26 bits per heavy atom. The van der Waals surface area contributed by atoms with Crippen LogP contribution in [0.5, 0.6) is 0 Å². The molecule has 19 heavy (non-hydrogen) atoms. The molecule has 1 aliphatic heterocycles. The summed E-state index contributed by atoms with van der Waals surface area (Å²) in [6.07, 6.45) is 6.79. The number of likely N-dealkylation sites (tertiary alicyclic amines) is 1. The highest BCUT2D eigenvalue weighted by Gasteiger charge is 2.35. The molecule has 0 bridgehead atoms. The van der Waals surface area contributed by atoms with Crippen LogP contribution in [0.25, 0.3) is 0 Å². The predicted molar refractivity (Wildman–Crippen MR) is 69.0 cm³/mol. The summed E-state index contributed by atoms with van der Waals surface area (Å²) in [4.78, 5) is 13.3. The Balaban J connectivity index is 1.53. The van der Waals surface area contributed by atoms with Gasteiger partial charge in [-0.1, -0.05) is 12.1 Å². The molecule has 0 atom stereocenters. The van der Waals surface area contributed by atoms with Crippen LogP contribution in [0.3, 0.4) is 0 Å². The first-order valence-electron chi connectivity index (χ1n) is 7.02. The number of aromatic carboxylic acids is 1. The zero-order chi connectivity index (χ0) is 13.4. The van der Waals surface area contributed by atoms with Gasteiger partial charge in [0.2, 0.25) is 0 Å². The number of carboxylic acids is 1. The van der Waals surface area contributed by atoms with Crippen LogP contribution in [0.1, 0.15) is 49.1 Å². The van der Waals surface area contributed by atoms with Crippen molar-refractivity contribution in [2.75, 3.05) is 13.1 Å². The van der Waals surface area contributed by atoms with Crippen molar-refractivity contribution >= 4 is 5.97 Å². The fourth-order valence-electron chi connectivity index (χ4n) is 3.11. The Morgan fingerprint density at radius 3 is 2.53 bits per heavy atom. The number of hydrogen-bond acceptors (Lipinski definition) is 4. The van der Waals surface area contributed by atoms with Crippen LogP contribution in [0.4, 0.5) is 0 Å². The fraction of sp³-hybridized carbons (Fsp3) is 0.769. The minimum absolute atomic E-state index is 0.0324. The van der Waals surface area contributed by atoms with Crippen molar-refractivity contribution in [2.45, 2.75) is 44.7 Å². The maximum absolute atomic E-state index is 10.8. The van der Waals surface area contributed by atoms with E-state index in [2.05, 4.69) is 22.1 Å². The van der Waals surface area contributed by atoms with Crippen LogP contribution in [0.2, 0.25) is 0 Å². The molecule has 1 aliphatic carbocycles. The summed E-state index contributed by atoms with van der Waals surface area (Å²) < 4.78 is 1.70. The average molecular weight is 264 g/mol. The van der Waals surface area contributed by atoms with E-state index in [0.717, 1.165) is 25.0 Å². The number of aromatic nitrogens is 3. The largest absolute Gasteiger partial charge is 0.476 e. The van der Waals surface area contributed by atoms with Crippen LogP contribution < -0.4 is 0 Å². The summed E-state index contributed by atoms with van der Waals surface area (Å²) in [7, 11) is 0. The molecule has 0 aromatic carbocycles. The highest BCUT2D eigenvalue weighted by atomic mass is 16.4. The fourth-order valence-corrected chi connectivity index (χ4v) is 3.11. The van der Waals surface area contributed by atoms with Gasteiger partial charge in [0.15, 0.2) is 5.69 Å². The van der Waals surface area contributed by atoms with Crippen LogP contribution in [-0.2, 0) is 0 Å². The van der Waals surface area contributed by atoms with Crippen molar-refractivity contribution in [3.05, 3.63) is 11.9 Å². The third-order valence-electron chi connectivity index (χ3n) is 4.50. The molecule has 2 aliphatic rings. The summed E-state index contributed by atoms with van der Waals surface area (Å²) in [6, 6.07) is 1.01.